The number of aryl methyl sites for hydroxylation is 2. The molecule has 19 heavy (non-hydrogen) atoms. The van der Waals surface area contributed by atoms with Crippen molar-refractivity contribution in [3.63, 3.8) is 0 Å². The molecule has 1 aromatic carbocycles. The van der Waals surface area contributed by atoms with Gasteiger partial charge in [0.15, 0.2) is 0 Å². The third kappa shape index (κ3) is 2.65. The summed E-state index contributed by atoms with van der Waals surface area (Å²) >= 11 is 0. The minimum absolute atomic E-state index is 0.0249. The van der Waals surface area contributed by atoms with E-state index in [9.17, 15) is 4.79 Å². The van der Waals surface area contributed by atoms with E-state index in [0.29, 0.717) is 5.92 Å². The number of hydrogen-bond acceptors (Lipinski definition) is 1. The zero-order valence-corrected chi connectivity index (χ0v) is 12.2. The van der Waals surface area contributed by atoms with Gasteiger partial charge in [-0.15, -0.1) is 0 Å². The SMILES string of the molecule is Cc1c(C(=O)NCCC(C)C)n(C)c2ccccc12. The first-order valence-corrected chi connectivity index (χ1v) is 6.84. The van der Waals surface area contributed by atoms with Gasteiger partial charge in [0, 0.05) is 24.5 Å². The molecule has 0 atom stereocenters. The molecule has 0 bridgehead atoms. The van der Waals surface area contributed by atoms with E-state index in [1.54, 1.807) is 0 Å². The Labute approximate surface area is 114 Å². The molecule has 0 saturated carbocycles. The molecule has 1 N–H and O–H groups in total. The molecule has 3 heteroatoms. The molecule has 0 fully saturated rings. The molecule has 1 aromatic heterocycles. The zero-order chi connectivity index (χ0) is 14.0. The highest BCUT2D eigenvalue weighted by atomic mass is 16.1. The van der Waals surface area contributed by atoms with E-state index >= 15 is 0 Å². The van der Waals surface area contributed by atoms with Crippen LogP contribution in [0.25, 0.3) is 10.9 Å². The van der Waals surface area contributed by atoms with Crippen LogP contribution in [-0.2, 0) is 7.05 Å². The summed E-state index contributed by atoms with van der Waals surface area (Å²) in [4.78, 5) is 12.3. The number of carbonyl (C=O) groups is 1. The van der Waals surface area contributed by atoms with E-state index in [2.05, 4.69) is 25.2 Å². The Kier molecular flexibility index (Phi) is 3.93. The third-order valence-corrected chi connectivity index (χ3v) is 3.58. The maximum atomic E-state index is 12.3. The van der Waals surface area contributed by atoms with Crippen LogP contribution in [0.15, 0.2) is 24.3 Å². The second-order valence-corrected chi connectivity index (χ2v) is 5.49. The summed E-state index contributed by atoms with van der Waals surface area (Å²) < 4.78 is 1.98. The fourth-order valence-electron chi connectivity index (χ4n) is 2.46. The van der Waals surface area contributed by atoms with Crippen molar-refractivity contribution in [3.05, 3.63) is 35.5 Å². The zero-order valence-electron chi connectivity index (χ0n) is 12.2. The number of fused-ring (bicyclic) bond motifs is 1. The molecule has 2 aromatic rings. The summed E-state index contributed by atoms with van der Waals surface area (Å²) in [7, 11) is 1.95. The Hall–Kier alpha value is -1.77. The summed E-state index contributed by atoms with van der Waals surface area (Å²) in [5.41, 5.74) is 2.93. The molecule has 0 spiro atoms. The summed E-state index contributed by atoms with van der Waals surface area (Å²) in [6.07, 6.45) is 1.01. The first-order valence-electron chi connectivity index (χ1n) is 6.84. The molecular weight excluding hydrogens is 236 g/mol. The minimum atomic E-state index is 0.0249. The first-order chi connectivity index (χ1) is 9.02. The fourth-order valence-corrected chi connectivity index (χ4v) is 2.46. The Morgan fingerprint density at radius 2 is 2.00 bits per heavy atom. The van der Waals surface area contributed by atoms with E-state index in [4.69, 9.17) is 0 Å². The van der Waals surface area contributed by atoms with Crippen LogP contribution >= 0.6 is 0 Å². The second kappa shape index (κ2) is 5.47. The molecule has 3 nitrogen and oxygen atoms in total. The van der Waals surface area contributed by atoms with Crippen molar-refractivity contribution in [1.29, 1.82) is 0 Å². The Morgan fingerprint density at radius 3 is 2.63 bits per heavy atom. The molecule has 102 valence electrons. The van der Waals surface area contributed by atoms with Gasteiger partial charge in [0.25, 0.3) is 5.91 Å². The van der Waals surface area contributed by atoms with Crippen molar-refractivity contribution in [2.45, 2.75) is 27.2 Å². The predicted molar refractivity (Wildman–Crippen MR) is 79.4 cm³/mol. The van der Waals surface area contributed by atoms with Gasteiger partial charge in [0.05, 0.1) is 0 Å². The Bertz CT molecular complexity index is 557. The highest BCUT2D eigenvalue weighted by Crippen LogP contribution is 2.24. The van der Waals surface area contributed by atoms with E-state index in [-0.39, 0.29) is 5.91 Å². The molecule has 0 aliphatic carbocycles. The summed E-state index contributed by atoms with van der Waals surface area (Å²) in [6, 6.07) is 8.13. The number of hydrogen-bond donors (Lipinski definition) is 1. The number of nitrogens with zero attached hydrogens (tertiary/aromatic N) is 1. The van der Waals surface area contributed by atoms with E-state index in [1.165, 1.54) is 0 Å². The van der Waals surface area contributed by atoms with Gasteiger partial charge in [0.2, 0.25) is 0 Å². The van der Waals surface area contributed by atoms with Crippen molar-refractivity contribution in [1.82, 2.24) is 9.88 Å². The topological polar surface area (TPSA) is 34.0 Å². The largest absolute Gasteiger partial charge is 0.351 e. The van der Waals surface area contributed by atoms with Gasteiger partial charge < -0.3 is 9.88 Å². The molecule has 1 amide bonds. The third-order valence-electron chi connectivity index (χ3n) is 3.58. The van der Waals surface area contributed by atoms with Crippen molar-refractivity contribution < 1.29 is 4.79 Å². The number of aromatic nitrogens is 1. The van der Waals surface area contributed by atoms with Crippen LogP contribution in [0, 0.1) is 12.8 Å². The van der Waals surface area contributed by atoms with E-state index in [0.717, 1.165) is 35.1 Å². The van der Waals surface area contributed by atoms with Crippen LogP contribution in [0.3, 0.4) is 0 Å². The summed E-state index contributed by atoms with van der Waals surface area (Å²) in [5.74, 6) is 0.630. The van der Waals surface area contributed by atoms with Crippen molar-refractivity contribution >= 4 is 16.8 Å². The second-order valence-electron chi connectivity index (χ2n) is 5.49. The molecule has 0 unspecified atom stereocenters. The van der Waals surface area contributed by atoms with Crippen LogP contribution in [0.1, 0.15) is 36.3 Å². The van der Waals surface area contributed by atoms with E-state index in [1.807, 2.05) is 36.7 Å². The standard InChI is InChI=1S/C16H22N2O/c1-11(2)9-10-17-16(19)15-12(3)13-7-5-6-8-14(13)18(15)4/h5-8,11H,9-10H2,1-4H3,(H,17,19). The fraction of sp³-hybridized carbons (Fsp3) is 0.438. The van der Waals surface area contributed by atoms with Crippen molar-refractivity contribution in [2.24, 2.45) is 13.0 Å². The highest BCUT2D eigenvalue weighted by Gasteiger charge is 2.17. The van der Waals surface area contributed by atoms with E-state index < -0.39 is 0 Å². The molecule has 1 heterocycles. The van der Waals surface area contributed by atoms with Gasteiger partial charge in [-0.2, -0.15) is 0 Å². The number of nitrogens with one attached hydrogen (secondary N) is 1. The average Bonchev–Trinajstić information content (AvgIpc) is 2.62. The normalized spacial score (nSPS) is 11.2. The lowest BCUT2D eigenvalue weighted by atomic mass is 10.1. The minimum Gasteiger partial charge on any atom is -0.351 e. The van der Waals surface area contributed by atoms with Crippen LogP contribution in [0.4, 0.5) is 0 Å². The molecule has 0 saturated heterocycles. The van der Waals surface area contributed by atoms with Crippen molar-refractivity contribution in [3.8, 4) is 0 Å². The summed E-state index contributed by atoms with van der Waals surface area (Å²) in [5, 5.41) is 4.17. The smallest absolute Gasteiger partial charge is 0.268 e. The predicted octanol–water partition coefficient (Wildman–Crippen LogP) is 3.26. The van der Waals surface area contributed by atoms with Gasteiger partial charge in [-0.25, -0.2) is 0 Å². The average molecular weight is 258 g/mol. The lowest BCUT2D eigenvalue weighted by molar-refractivity contribution is 0.0943. The van der Waals surface area contributed by atoms with Crippen LogP contribution in [-0.4, -0.2) is 17.0 Å². The Morgan fingerprint density at radius 1 is 1.32 bits per heavy atom. The maximum absolute atomic E-state index is 12.3. The van der Waals surface area contributed by atoms with Crippen LogP contribution in [0.5, 0.6) is 0 Å². The number of benzene rings is 1. The van der Waals surface area contributed by atoms with Gasteiger partial charge in [-0.05, 0) is 30.9 Å². The number of para-hydroxylation sites is 1. The molecule has 0 aliphatic rings. The quantitative estimate of drug-likeness (QED) is 0.897. The Balaban J connectivity index is 2.27. The maximum Gasteiger partial charge on any atom is 0.268 e. The van der Waals surface area contributed by atoms with Gasteiger partial charge in [0.1, 0.15) is 5.69 Å². The monoisotopic (exact) mass is 258 g/mol. The molecule has 0 aliphatic heterocycles. The number of carbonyl (C=O) groups excluding carboxylic acids is 1. The number of rotatable bonds is 4. The highest BCUT2D eigenvalue weighted by molar-refractivity contribution is 6.01. The molecular formula is C16H22N2O. The number of amides is 1. The van der Waals surface area contributed by atoms with Gasteiger partial charge >= 0.3 is 0 Å². The molecule has 0 radical (unpaired) electrons. The lowest BCUT2D eigenvalue weighted by Crippen LogP contribution is -2.27. The van der Waals surface area contributed by atoms with Gasteiger partial charge in [-0.1, -0.05) is 32.0 Å². The first kappa shape index (κ1) is 13.7. The van der Waals surface area contributed by atoms with Crippen LogP contribution < -0.4 is 5.32 Å². The lowest BCUT2D eigenvalue weighted by Gasteiger charge is -2.09. The van der Waals surface area contributed by atoms with Crippen molar-refractivity contribution in [2.75, 3.05) is 6.54 Å². The molecule has 2 rings (SSSR count). The summed E-state index contributed by atoms with van der Waals surface area (Å²) in [6.45, 7) is 7.07. The van der Waals surface area contributed by atoms with Gasteiger partial charge in [-0.3, -0.25) is 4.79 Å². The van der Waals surface area contributed by atoms with Crippen LogP contribution in [0.2, 0.25) is 0 Å².